The number of fused-ring (bicyclic) bond motifs is 1. The van der Waals surface area contributed by atoms with Gasteiger partial charge in [-0.25, -0.2) is 0 Å². The van der Waals surface area contributed by atoms with Crippen molar-refractivity contribution in [2.24, 2.45) is 10.1 Å². The van der Waals surface area contributed by atoms with E-state index in [-0.39, 0.29) is 11.4 Å². The molecule has 0 saturated heterocycles. The van der Waals surface area contributed by atoms with E-state index in [0.717, 1.165) is 22.6 Å². The fourth-order valence-corrected chi connectivity index (χ4v) is 3.94. The SMILES string of the molecule is CCc1ccc(/C=C2\C(=N)N3N=C(Cc4ccc(Cl)cc4)SC3=NC2=O)cc1. The van der Waals surface area contributed by atoms with Gasteiger partial charge in [0.1, 0.15) is 5.04 Å². The number of amides is 1. The van der Waals surface area contributed by atoms with Gasteiger partial charge in [-0.3, -0.25) is 10.2 Å². The molecule has 0 aromatic heterocycles. The van der Waals surface area contributed by atoms with Crippen LogP contribution in [0.1, 0.15) is 23.6 Å². The lowest BCUT2D eigenvalue weighted by atomic mass is 10.1. The zero-order valence-corrected chi connectivity index (χ0v) is 16.7. The Labute approximate surface area is 172 Å². The molecule has 5 nitrogen and oxygen atoms in total. The van der Waals surface area contributed by atoms with Crippen molar-refractivity contribution in [2.45, 2.75) is 19.8 Å². The smallest absolute Gasteiger partial charge is 0.282 e. The van der Waals surface area contributed by atoms with Crippen molar-refractivity contribution in [3.63, 3.8) is 0 Å². The van der Waals surface area contributed by atoms with Crippen LogP contribution in [0.2, 0.25) is 5.02 Å². The number of carbonyl (C=O) groups is 1. The summed E-state index contributed by atoms with van der Waals surface area (Å²) in [6.45, 7) is 2.09. The van der Waals surface area contributed by atoms with Crippen molar-refractivity contribution in [1.29, 1.82) is 5.41 Å². The Morgan fingerprint density at radius 2 is 1.79 bits per heavy atom. The molecule has 0 spiro atoms. The van der Waals surface area contributed by atoms with Crippen LogP contribution in [-0.2, 0) is 17.6 Å². The van der Waals surface area contributed by atoms with Crippen LogP contribution in [0.5, 0.6) is 0 Å². The molecular formula is C21H17ClN4OS. The van der Waals surface area contributed by atoms with Gasteiger partial charge < -0.3 is 0 Å². The predicted molar refractivity (Wildman–Crippen MR) is 116 cm³/mol. The molecule has 0 aliphatic carbocycles. The first-order chi connectivity index (χ1) is 13.5. The molecule has 2 aliphatic heterocycles. The molecule has 140 valence electrons. The zero-order valence-electron chi connectivity index (χ0n) is 15.1. The van der Waals surface area contributed by atoms with Crippen LogP contribution in [0.4, 0.5) is 0 Å². The molecule has 7 heteroatoms. The molecule has 4 rings (SSSR count). The number of benzene rings is 2. The van der Waals surface area contributed by atoms with Crippen molar-refractivity contribution < 1.29 is 4.79 Å². The fraction of sp³-hybridized carbons (Fsp3) is 0.143. The molecule has 2 aromatic rings. The molecule has 1 amide bonds. The van der Waals surface area contributed by atoms with Gasteiger partial charge in [0.15, 0.2) is 5.84 Å². The Morgan fingerprint density at radius 1 is 1.11 bits per heavy atom. The average Bonchev–Trinajstić information content (AvgIpc) is 3.10. The summed E-state index contributed by atoms with van der Waals surface area (Å²) < 4.78 is 0. The van der Waals surface area contributed by atoms with Gasteiger partial charge in [0.2, 0.25) is 5.17 Å². The summed E-state index contributed by atoms with van der Waals surface area (Å²) in [5, 5.41) is 16.3. The van der Waals surface area contributed by atoms with E-state index in [1.54, 1.807) is 6.08 Å². The first-order valence-electron chi connectivity index (χ1n) is 8.86. The lowest BCUT2D eigenvalue weighted by Gasteiger charge is -2.20. The number of hydrazone groups is 1. The van der Waals surface area contributed by atoms with Crippen LogP contribution in [0.3, 0.4) is 0 Å². The predicted octanol–water partition coefficient (Wildman–Crippen LogP) is 4.76. The summed E-state index contributed by atoms with van der Waals surface area (Å²) in [5.41, 5.74) is 3.38. The Balaban J connectivity index is 1.57. The van der Waals surface area contributed by atoms with E-state index in [4.69, 9.17) is 17.0 Å². The van der Waals surface area contributed by atoms with E-state index in [1.807, 2.05) is 48.5 Å². The van der Waals surface area contributed by atoms with Crippen LogP contribution < -0.4 is 0 Å². The van der Waals surface area contributed by atoms with Gasteiger partial charge in [0.05, 0.1) is 5.57 Å². The van der Waals surface area contributed by atoms with Gasteiger partial charge in [0, 0.05) is 11.4 Å². The lowest BCUT2D eigenvalue weighted by Crippen LogP contribution is -2.35. The quantitative estimate of drug-likeness (QED) is 0.741. The van der Waals surface area contributed by atoms with Crippen LogP contribution in [-0.4, -0.2) is 27.0 Å². The number of aryl methyl sites for hydroxylation is 1. The zero-order chi connectivity index (χ0) is 19.7. The lowest BCUT2D eigenvalue weighted by molar-refractivity contribution is -0.114. The van der Waals surface area contributed by atoms with Gasteiger partial charge in [-0.05, 0) is 53.1 Å². The highest BCUT2D eigenvalue weighted by molar-refractivity contribution is 8.26. The van der Waals surface area contributed by atoms with Crippen molar-refractivity contribution in [3.8, 4) is 0 Å². The number of rotatable bonds is 4. The molecule has 2 heterocycles. The minimum atomic E-state index is -0.411. The first kappa shape index (κ1) is 18.7. The number of halogens is 1. The van der Waals surface area contributed by atoms with Gasteiger partial charge >= 0.3 is 0 Å². The second-order valence-electron chi connectivity index (χ2n) is 6.41. The number of hydrogen-bond donors (Lipinski definition) is 1. The number of nitrogens with zero attached hydrogens (tertiary/aromatic N) is 3. The second kappa shape index (κ2) is 7.73. The molecule has 28 heavy (non-hydrogen) atoms. The average molecular weight is 409 g/mol. The van der Waals surface area contributed by atoms with Crippen LogP contribution in [0, 0.1) is 5.41 Å². The Kier molecular flexibility index (Phi) is 5.15. The molecule has 0 atom stereocenters. The second-order valence-corrected chi connectivity index (χ2v) is 7.89. The summed E-state index contributed by atoms with van der Waals surface area (Å²) in [5.74, 6) is -0.362. The highest BCUT2D eigenvalue weighted by Gasteiger charge is 2.35. The van der Waals surface area contributed by atoms with E-state index < -0.39 is 5.91 Å². The molecule has 0 radical (unpaired) electrons. The van der Waals surface area contributed by atoms with Crippen LogP contribution >= 0.6 is 23.4 Å². The first-order valence-corrected chi connectivity index (χ1v) is 10.1. The largest absolute Gasteiger partial charge is 0.283 e. The summed E-state index contributed by atoms with van der Waals surface area (Å²) >= 11 is 7.25. The van der Waals surface area contributed by atoms with Crippen LogP contribution in [0.15, 0.2) is 64.2 Å². The number of carbonyl (C=O) groups excluding carboxylic acids is 1. The van der Waals surface area contributed by atoms with Crippen LogP contribution in [0.25, 0.3) is 6.08 Å². The molecule has 0 saturated carbocycles. The number of hydrogen-bond acceptors (Lipinski definition) is 4. The fourth-order valence-electron chi connectivity index (χ4n) is 2.90. The standard InChI is InChI=1S/C21H17ClN4OS/c1-2-13-3-5-14(6-4-13)11-17-19(23)26-21(24-20(17)27)28-18(25-26)12-15-7-9-16(22)10-8-15/h3-11,23H,2,12H2,1H3/b17-11+,23-19?. The Hall–Kier alpha value is -2.70. The number of amidine groups is 2. The van der Waals surface area contributed by atoms with Gasteiger partial charge in [0.25, 0.3) is 5.91 Å². The van der Waals surface area contributed by atoms with Gasteiger partial charge in [-0.1, -0.05) is 54.9 Å². The van der Waals surface area contributed by atoms with E-state index in [0.29, 0.717) is 16.6 Å². The summed E-state index contributed by atoms with van der Waals surface area (Å²) in [7, 11) is 0. The highest BCUT2D eigenvalue weighted by atomic mass is 35.5. The maximum Gasteiger partial charge on any atom is 0.283 e. The van der Waals surface area contributed by atoms with Crippen molar-refractivity contribution >= 4 is 51.4 Å². The van der Waals surface area contributed by atoms with Crippen molar-refractivity contribution in [2.75, 3.05) is 0 Å². The molecule has 2 aromatic carbocycles. The third-order valence-corrected chi connectivity index (χ3v) is 5.62. The minimum absolute atomic E-state index is 0.0492. The third-order valence-electron chi connectivity index (χ3n) is 4.46. The monoisotopic (exact) mass is 408 g/mol. The number of thioether (sulfide) groups is 1. The highest BCUT2D eigenvalue weighted by Crippen LogP contribution is 2.29. The molecule has 2 aliphatic rings. The molecular weight excluding hydrogens is 392 g/mol. The normalized spacial score (nSPS) is 17.6. The van der Waals surface area contributed by atoms with E-state index in [9.17, 15) is 4.79 Å². The molecule has 0 fully saturated rings. The van der Waals surface area contributed by atoms with Crippen molar-refractivity contribution in [3.05, 3.63) is 75.8 Å². The van der Waals surface area contributed by atoms with Crippen molar-refractivity contribution in [1.82, 2.24) is 5.01 Å². The van der Waals surface area contributed by atoms with E-state index in [2.05, 4.69) is 17.0 Å². The number of aliphatic imine (C=N–C) groups is 1. The Morgan fingerprint density at radius 3 is 2.46 bits per heavy atom. The third kappa shape index (κ3) is 3.79. The Bertz CT molecular complexity index is 1040. The summed E-state index contributed by atoms with van der Waals surface area (Å²) in [6, 6.07) is 15.5. The van der Waals surface area contributed by atoms with Gasteiger partial charge in [-0.15, -0.1) is 0 Å². The summed E-state index contributed by atoms with van der Waals surface area (Å²) in [6.07, 6.45) is 3.24. The molecule has 0 unspecified atom stereocenters. The van der Waals surface area contributed by atoms with E-state index >= 15 is 0 Å². The molecule has 0 bridgehead atoms. The van der Waals surface area contributed by atoms with Gasteiger partial charge in [-0.2, -0.15) is 15.1 Å². The maximum atomic E-state index is 12.5. The van der Waals surface area contributed by atoms with E-state index in [1.165, 1.54) is 22.3 Å². The molecule has 1 N–H and O–H groups in total. The number of nitrogens with one attached hydrogen (secondary N) is 1. The summed E-state index contributed by atoms with van der Waals surface area (Å²) in [4.78, 5) is 16.6. The topological polar surface area (TPSA) is 68.9 Å². The minimum Gasteiger partial charge on any atom is -0.282 e. The maximum absolute atomic E-state index is 12.5.